The molecule has 0 spiro atoms. The van der Waals surface area contributed by atoms with Crippen molar-refractivity contribution in [2.45, 2.75) is 13.8 Å². The van der Waals surface area contributed by atoms with Crippen LogP contribution in [0.15, 0.2) is 12.1 Å². The number of nitrogens with two attached hydrogens (primary N) is 1. The molecule has 5 nitrogen and oxygen atoms in total. The van der Waals surface area contributed by atoms with Gasteiger partial charge in [0.2, 0.25) is 0 Å². The number of methoxy groups -OCH3 is 1. The number of hydrogen-bond acceptors (Lipinski definition) is 5. The third-order valence-corrected chi connectivity index (χ3v) is 2.85. The first-order valence-electron chi connectivity index (χ1n) is 6.79. The zero-order valence-corrected chi connectivity index (χ0v) is 12.6. The summed E-state index contributed by atoms with van der Waals surface area (Å²) in [5, 5.41) is 0. The molecule has 0 bridgehead atoms. The fraction of sp³-hybridized carbons (Fsp3) is 0.600. The quantitative estimate of drug-likeness (QED) is 0.525. The van der Waals surface area contributed by atoms with Crippen LogP contribution < -0.4 is 10.5 Å². The summed E-state index contributed by atoms with van der Waals surface area (Å²) in [5.74, 6) is 0.858. The fourth-order valence-corrected chi connectivity index (χ4v) is 1.64. The van der Waals surface area contributed by atoms with E-state index in [9.17, 15) is 0 Å². The second-order valence-electron chi connectivity index (χ2n) is 4.54. The maximum atomic E-state index is 5.83. The lowest BCUT2D eigenvalue weighted by Crippen LogP contribution is -2.12. The topological polar surface area (TPSA) is 62.9 Å². The van der Waals surface area contributed by atoms with Gasteiger partial charge in [0.15, 0.2) is 0 Å². The molecule has 0 amide bonds. The van der Waals surface area contributed by atoms with E-state index in [2.05, 4.69) is 0 Å². The van der Waals surface area contributed by atoms with E-state index in [1.54, 1.807) is 7.11 Å². The number of ether oxygens (including phenoxy) is 4. The summed E-state index contributed by atoms with van der Waals surface area (Å²) in [6, 6.07) is 3.88. The molecule has 0 heterocycles. The average molecular weight is 283 g/mol. The number of hydrogen-bond donors (Lipinski definition) is 1. The lowest BCUT2D eigenvalue weighted by molar-refractivity contribution is 0.0179. The largest absolute Gasteiger partial charge is 0.491 e. The molecule has 0 aliphatic rings. The van der Waals surface area contributed by atoms with Gasteiger partial charge in [-0.2, -0.15) is 0 Å². The predicted molar refractivity (Wildman–Crippen MR) is 79.3 cm³/mol. The summed E-state index contributed by atoms with van der Waals surface area (Å²) in [4.78, 5) is 0. The Morgan fingerprint density at radius 2 is 1.45 bits per heavy atom. The van der Waals surface area contributed by atoms with E-state index < -0.39 is 0 Å². The molecule has 0 aromatic heterocycles. The van der Waals surface area contributed by atoms with E-state index >= 15 is 0 Å². The maximum Gasteiger partial charge on any atom is 0.122 e. The first-order chi connectivity index (χ1) is 9.65. The molecule has 0 aliphatic heterocycles. The van der Waals surface area contributed by atoms with Gasteiger partial charge in [-0.1, -0.05) is 0 Å². The Morgan fingerprint density at radius 1 is 0.850 bits per heavy atom. The minimum Gasteiger partial charge on any atom is -0.491 e. The van der Waals surface area contributed by atoms with Gasteiger partial charge in [-0.05, 0) is 37.1 Å². The molecule has 114 valence electrons. The van der Waals surface area contributed by atoms with Crippen molar-refractivity contribution in [3.63, 3.8) is 0 Å². The smallest absolute Gasteiger partial charge is 0.122 e. The second kappa shape index (κ2) is 9.58. The summed E-state index contributed by atoms with van der Waals surface area (Å²) >= 11 is 0. The average Bonchev–Trinajstić information content (AvgIpc) is 2.42. The van der Waals surface area contributed by atoms with Gasteiger partial charge in [-0.15, -0.1) is 0 Å². The van der Waals surface area contributed by atoms with Crippen molar-refractivity contribution in [3.05, 3.63) is 23.3 Å². The number of benzene rings is 1. The molecule has 0 saturated carbocycles. The van der Waals surface area contributed by atoms with Crippen LogP contribution in [0.3, 0.4) is 0 Å². The summed E-state index contributed by atoms with van der Waals surface area (Å²) in [5.41, 5.74) is 8.69. The van der Waals surface area contributed by atoms with E-state index in [1.165, 1.54) is 0 Å². The van der Waals surface area contributed by atoms with Crippen molar-refractivity contribution >= 4 is 5.69 Å². The molecule has 0 unspecified atom stereocenters. The van der Waals surface area contributed by atoms with Crippen LogP contribution in [0, 0.1) is 13.8 Å². The zero-order valence-electron chi connectivity index (χ0n) is 12.6. The van der Waals surface area contributed by atoms with Crippen LogP contribution in [-0.2, 0) is 14.2 Å². The van der Waals surface area contributed by atoms with Gasteiger partial charge in [-0.25, -0.2) is 0 Å². The minimum absolute atomic E-state index is 0.516. The summed E-state index contributed by atoms with van der Waals surface area (Å²) in [6.07, 6.45) is 0. The van der Waals surface area contributed by atoms with Crippen molar-refractivity contribution in [1.82, 2.24) is 0 Å². The van der Waals surface area contributed by atoms with Gasteiger partial charge < -0.3 is 24.7 Å². The Kier molecular flexibility index (Phi) is 8.02. The normalized spacial score (nSPS) is 10.8. The molecule has 1 rings (SSSR count). The summed E-state index contributed by atoms with van der Waals surface area (Å²) in [7, 11) is 1.65. The van der Waals surface area contributed by atoms with Crippen LogP contribution in [0.25, 0.3) is 0 Å². The highest BCUT2D eigenvalue weighted by Gasteiger charge is 2.03. The van der Waals surface area contributed by atoms with Gasteiger partial charge >= 0.3 is 0 Å². The van der Waals surface area contributed by atoms with E-state index in [4.69, 9.17) is 24.7 Å². The summed E-state index contributed by atoms with van der Waals surface area (Å²) in [6.45, 7) is 7.35. The van der Waals surface area contributed by atoms with Gasteiger partial charge in [-0.3, -0.25) is 0 Å². The van der Waals surface area contributed by atoms with Crippen LogP contribution >= 0.6 is 0 Å². The Hall–Kier alpha value is -1.30. The van der Waals surface area contributed by atoms with Crippen LogP contribution in [0.2, 0.25) is 0 Å². The maximum absolute atomic E-state index is 5.83. The Morgan fingerprint density at radius 3 is 2.10 bits per heavy atom. The molecule has 5 heteroatoms. The fourth-order valence-electron chi connectivity index (χ4n) is 1.64. The Labute approximate surface area is 121 Å². The first-order valence-corrected chi connectivity index (χ1v) is 6.79. The van der Waals surface area contributed by atoms with Crippen LogP contribution in [0.1, 0.15) is 11.1 Å². The Balaban J connectivity index is 2.11. The lowest BCUT2D eigenvalue weighted by atomic mass is 10.1. The second-order valence-corrected chi connectivity index (χ2v) is 4.54. The van der Waals surface area contributed by atoms with E-state index in [0.29, 0.717) is 39.6 Å². The molecule has 1 aromatic carbocycles. The van der Waals surface area contributed by atoms with Gasteiger partial charge in [0.25, 0.3) is 0 Å². The van der Waals surface area contributed by atoms with Crippen molar-refractivity contribution in [3.8, 4) is 5.75 Å². The number of nitrogen functional groups attached to an aromatic ring is 1. The van der Waals surface area contributed by atoms with Crippen molar-refractivity contribution in [2.24, 2.45) is 0 Å². The highest BCUT2D eigenvalue weighted by atomic mass is 16.6. The molecule has 0 aliphatic carbocycles. The number of aryl methyl sites for hydroxylation is 2. The molecular weight excluding hydrogens is 258 g/mol. The van der Waals surface area contributed by atoms with Gasteiger partial charge in [0.1, 0.15) is 12.4 Å². The zero-order chi connectivity index (χ0) is 14.8. The molecule has 0 saturated heterocycles. The first kappa shape index (κ1) is 16.8. The van der Waals surface area contributed by atoms with Gasteiger partial charge in [0, 0.05) is 12.8 Å². The predicted octanol–water partition coefficient (Wildman–Crippen LogP) is 1.94. The van der Waals surface area contributed by atoms with Gasteiger partial charge in [0.05, 0.1) is 33.0 Å². The van der Waals surface area contributed by atoms with Crippen LogP contribution in [0.5, 0.6) is 5.75 Å². The van der Waals surface area contributed by atoms with Crippen LogP contribution in [0.4, 0.5) is 5.69 Å². The highest BCUT2D eigenvalue weighted by Crippen LogP contribution is 2.23. The minimum atomic E-state index is 0.516. The van der Waals surface area contributed by atoms with Crippen molar-refractivity contribution in [2.75, 3.05) is 52.5 Å². The summed E-state index contributed by atoms with van der Waals surface area (Å²) < 4.78 is 21.2. The number of anilines is 1. The molecule has 0 atom stereocenters. The molecule has 0 radical (unpaired) electrons. The highest BCUT2D eigenvalue weighted by molar-refractivity contribution is 5.53. The van der Waals surface area contributed by atoms with Crippen LogP contribution in [-0.4, -0.2) is 46.8 Å². The molecular formula is C15H25NO4. The SMILES string of the molecule is COCCOCCOCCOc1cc(C)c(N)cc1C. The third kappa shape index (κ3) is 6.23. The third-order valence-electron chi connectivity index (χ3n) is 2.85. The van der Waals surface area contributed by atoms with E-state index in [0.717, 1.165) is 22.6 Å². The standard InChI is InChI=1S/C15H25NO4/c1-12-11-15(13(2)10-14(12)16)20-9-8-19-7-6-18-5-4-17-3/h10-11H,4-9,16H2,1-3H3. The Bertz CT molecular complexity index is 396. The molecule has 2 N–H and O–H groups in total. The molecule has 1 aromatic rings. The lowest BCUT2D eigenvalue weighted by Gasteiger charge is -2.12. The van der Waals surface area contributed by atoms with Crippen molar-refractivity contribution < 1.29 is 18.9 Å². The molecule has 20 heavy (non-hydrogen) atoms. The molecule has 0 fully saturated rings. The van der Waals surface area contributed by atoms with Crippen molar-refractivity contribution in [1.29, 1.82) is 0 Å². The van der Waals surface area contributed by atoms with E-state index in [1.807, 2.05) is 26.0 Å². The van der Waals surface area contributed by atoms with E-state index in [-0.39, 0.29) is 0 Å². The monoisotopic (exact) mass is 283 g/mol. The number of rotatable bonds is 10.